The van der Waals surface area contributed by atoms with E-state index in [9.17, 15) is 40.0 Å². The van der Waals surface area contributed by atoms with Crippen molar-refractivity contribution in [3.05, 3.63) is 82.3 Å². The Morgan fingerprint density at radius 3 is 2.30 bits per heavy atom. The molecule has 0 unspecified atom stereocenters. The number of para-hydroxylation sites is 1. The maximum atomic E-state index is 15.9. The molecule has 2 aliphatic heterocycles. The number of hydrogen-bond donors (Lipinski definition) is 2. The number of aromatic nitrogens is 6. The highest BCUT2D eigenvalue weighted by Crippen LogP contribution is 2.64. The molecule has 6 heterocycles. The van der Waals surface area contributed by atoms with Gasteiger partial charge in [0.15, 0.2) is 22.3 Å². The summed E-state index contributed by atoms with van der Waals surface area (Å²) in [6, 6.07) is 8.14. The predicted octanol–water partition coefficient (Wildman–Crippen LogP) is 8.65. The van der Waals surface area contributed by atoms with Crippen molar-refractivity contribution in [3.8, 4) is 11.1 Å². The van der Waals surface area contributed by atoms with Crippen LogP contribution in [0.3, 0.4) is 0 Å². The molecule has 4 aromatic heterocycles. The van der Waals surface area contributed by atoms with Crippen LogP contribution in [0.5, 0.6) is 0 Å². The first-order valence-corrected chi connectivity index (χ1v) is 25.3. The van der Waals surface area contributed by atoms with Crippen molar-refractivity contribution in [2.24, 2.45) is 18.4 Å². The molecule has 3 fully saturated rings. The number of thiazole rings is 1. The Labute approximate surface area is 400 Å². The number of carbonyl (C=O) groups excluding carboxylic acids is 2. The molecule has 2 saturated heterocycles. The average molecular weight is 1020 g/mol. The molecule has 2 N–H and O–H groups in total. The van der Waals surface area contributed by atoms with Crippen molar-refractivity contribution >= 4 is 65.6 Å². The van der Waals surface area contributed by atoms with Crippen LogP contribution in [0.1, 0.15) is 86.6 Å². The number of amides is 2. The molecule has 372 valence electrons. The fourth-order valence-corrected chi connectivity index (χ4v) is 12.0. The van der Waals surface area contributed by atoms with Crippen LogP contribution < -0.4 is 14.9 Å². The predicted molar refractivity (Wildman–Crippen MR) is 245 cm³/mol. The summed E-state index contributed by atoms with van der Waals surface area (Å²) in [6.45, 7) is 6.69. The fourth-order valence-electron chi connectivity index (χ4n) is 10.5. The van der Waals surface area contributed by atoms with Crippen molar-refractivity contribution < 1.29 is 53.5 Å². The van der Waals surface area contributed by atoms with Gasteiger partial charge in [-0.2, -0.15) is 37.1 Å². The molecule has 2 aliphatic carbocycles. The number of alkyl halides is 5. The third kappa shape index (κ3) is 8.67. The molecular formula is C46H47F7N10O5S2. The van der Waals surface area contributed by atoms with E-state index in [0.29, 0.717) is 68.8 Å². The normalized spacial score (nSPS) is 20.0. The Kier molecular flexibility index (Phi) is 11.2. The Balaban J connectivity index is 1.05. The van der Waals surface area contributed by atoms with Crippen molar-refractivity contribution in [2.45, 2.75) is 89.1 Å². The largest absolute Gasteiger partial charge is 0.444 e. The smallest absolute Gasteiger partial charge is 0.435 e. The minimum atomic E-state index is -5.09. The van der Waals surface area contributed by atoms with Gasteiger partial charge in [0.05, 0.1) is 28.2 Å². The van der Waals surface area contributed by atoms with Crippen molar-refractivity contribution in [1.82, 2.24) is 39.7 Å². The Morgan fingerprint density at radius 1 is 0.971 bits per heavy atom. The number of likely N-dealkylation sites (tertiary alicyclic amines) is 1. The van der Waals surface area contributed by atoms with Crippen molar-refractivity contribution in [2.75, 3.05) is 42.1 Å². The van der Waals surface area contributed by atoms with Gasteiger partial charge in [0, 0.05) is 72.7 Å². The van der Waals surface area contributed by atoms with Crippen LogP contribution in [-0.2, 0) is 51.7 Å². The molecule has 10 rings (SSSR count). The summed E-state index contributed by atoms with van der Waals surface area (Å²) in [7, 11) is -2.22. The summed E-state index contributed by atoms with van der Waals surface area (Å²) in [6.07, 6.45) is -3.21. The van der Waals surface area contributed by atoms with Crippen LogP contribution in [0.4, 0.5) is 46.5 Å². The van der Waals surface area contributed by atoms with E-state index < -0.39 is 86.6 Å². The van der Waals surface area contributed by atoms with Gasteiger partial charge in [0.1, 0.15) is 29.5 Å². The van der Waals surface area contributed by atoms with Crippen LogP contribution in [0.25, 0.3) is 32.4 Å². The van der Waals surface area contributed by atoms with Crippen LogP contribution in [-0.4, -0.2) is 92.9 Å². The average Bonchev–Trinajstić information content (AvgIpc) is 3.93. The van der Waals surface area contributed by atoms with E-state index in [1.165, 1.54) is 16.0 Å². The molecule has 0 bridgehead atoms. The number of carbonyl (C=O) groups is 2. The van der Waals surface area contributed by atoms with E-state index in [1.54, 1.807) is 36.2 Å². The van der Waals surface area contributed by atoms with E-state index >= 15 is 8.78 Å². The van der Waals surface area contributed by atoms with E-state index in [-0.39, 0.29) is 53.5 Å². The molecule has 3 atom stereocenters. The second kappa shape index (κ2) is 16.5. The van der Waals surface area contributed by atoms with Gasteiger partial charge in [0.25, 0.3) is 5.92 Å². The topological polar surface area (TPSA) is 169 Å². The van der Waals surface area contributed by atoms with Crippen LogP contribution in [0.15, 0.2) is 42.5 Å². The Hall–Kier alpha value is -6.04. The van der Waals surface area contributed by atoms with Gasteiger partial charge in [0.2, 0.25) is 15.9 Å². The van der Waals surface area contributed by atoms with Gasteiger partial charge in [-0.25, -0.2) is 27.0 Å². The summed E-state index contributed by atoms with van der Waals surface area (Å²) in [5.74, 6) is -9.06. The lowest BCUT2D eigenvalue weighted by molar-refractivity contribution is -0.144. The summed E-state index contributed by atoms with van der Waals surface area (Å²) >= 11 is 1.33. The van der Waals surface area contributed by atoms with E-state index in [0.717, 1.165) is 31.2 Å². The molecule has 4 aliphatic rings. The SMILES string of the molecule is Cn1nc(NS(C)(=O)=O)c2cccc(-c3cc4sc(N5CCC6(CC5)CN(C(=O)OC(C)(C)C)C6)nc4nc3[C@H](Cc3cc(F)cc(F)c3)NC(=O)Cn3nc(C(F)(F)F)c4c3C(F)(F)[C@@H]3CC[C@H]43)c21. The standard InChI is InChI=1S/C46H47F7N10O5S2/c1-43(2,3)68-42(65)62-21-44(22-62)11-13-61(14-12-44)41-56-40-32(69-41)19-29(26-7-6-8-28-36(26)60(4)58-39(28)59-70(5,66)67)35(55-40)31(17-23-15-24(47)18-25(48)16-23)54-33(64)20-63-38-34(37(57-63)46(51,52)53)27-9-10-30(27)45(38,49)50/h6-8,15-16,18-19,27,30-31H,9-14,17,20-22H2,1-5H3,(H,54,64)(H,58,59)/t27-,30+,31-/m0/s1. The molecule has 1 spiro atoms. The molecule has 2 aromatic carbocycles. The molecule has 1 saturated carbocycles. The van der Waals surface area contributed by atoms with E-state index in [4.69, 9.17) is 14.7 Å². The number of fused-ring (bicyclic) bond motifs is 5. The fraction of sp³-hybridized carbons (Fsp3) is 0.478. The summed E-state index contributed by atoms with van der Waals surface area (Å²) in [5.41, 5.74) is -2.27. The van der Waals surface area contributed by atoms with Gasteiger partial charge in [-0.15, -0.1) is 0 Å². The number of sulfonamides is 1. The highest BCUT2D eigenvalue weighted by molar-refractivity contribution is 7.92. The first-order valence-electron chi connectivity index (χ1n) is 22.5. The molecule has 2 amide bonds. The maximum Gasteiger partial charge on any atom is 0.435 e. The zero-order valence-electron chi connectivity index (χ0n) is 38.4. The van der Waals surface area contributed by atoms with Crippen LogP contribution in [0.2, 0.25) is 0 Å². The molecule has 0 radical (unpaired) electrons. The highest BCUT2D eigenvalue weighted by Gasteiger charge is 2.63. The quantitative estimate of drug-likeness (QED) is 0.127. The number of ether oxygens (including phenoxy) is 1. The van der Waals surface area contributed by atoms with Gasteiger partial charge < -0.3 is 19.9 Å². The lowest BCUT2D eigenvalue weighted by Crippen LogP contribution is -2.62. The molecule has 6 aromatic rings. The summed E-state index contributed by atoms with van der Waals surface area (Å²) in [4.78, 5) is 40.7. The lowest BCUT2D eigenvalue weighted by atomic mass is 9.72. The maximum absolute atomic E-state index is 15.9. The number of pyridine rings is 1. The van der Waals surface area contributed by atoms with Crippen molar-refractivity contribution in [3.63, 3.8) is 0 Å². The number of halogens is 7. The zero-order chi connectivity index (χ0) is 50.0. The van der Waals surface area contributed by atoms with Gasteiger partial charge in [-0.1, -0.05) is 23.5 Å². The van der Waals surface area contributed by atoms with Crippen LogP contribution in [0, 0.1) is 23.0 Å². The molecule has 15 nitrogen and oxygen atoms in total. The summed E-state index contributed by atoms with van der Waals surface area (Å²) < 4.78 is 140. The monoisotopic (exact) mass is 1020 g/mol. The summed E-state index contributed by atoms with van der Waals surface area (Å²) in [5, 5.41) is 11.7. The molecule has 70 heavy (non-hydrogen) atoms. The minimum absolute atomic E-state index is 0.000274. The number of hydrogen-bond acceptors (Lipinski definition) is 11. The van der Waals surface area contributed by atoms with Gasteiger partial charge in [-0.05, 0) is 88.6 Å². The number of nitrogens with one attached hydrogen (secondary N) is 2. The molecule has 24 heteroatoms. The van der Waals surface area contributed by atoms with Crippen LogP contribution >= 0.6 is 11.3 Å². The number of piperidine rings is 1. The number of benzene rings is 2. The van der Waals surface area contributed by atoms with Gasteiger partial charge >= 0.3 is 12.3 Å². The third-order valence-electron chi connectivity index (χ3n) is 13.6. The number of aryl methyl sites for hydroxylation is 1. The lowest BCUT2D eigenvalue weighted by Gasteiger charge is -2.53. The van der Waals surface area contributed by atoms with E-state index in [1.807, 2.05) is 20.8 Å². The number of rotatable bonds is 10. The zero-order valence-corrected chi connectivity index (χ0v) is 40.1. The van der Waals surface area contributed by atoms with Gasteiger partial charge in [-0.3, -0.25) is 18.9 Å². The number of anilines is 2. The Morgan fingerprint density at radius 2 is 1.67 bits per heavy atom. The number of nitrogens with zero attached hydrogens (tertiary/aromatic N) is 8. The highest BCUT2D eigenvalue weighted by atomic mass is 32.2. The minimum Gasteiger partial charge on any atom is -0.444 e. The second-order valence-corrected chi connectivity index (χ2v) is 22.7. The third-order valence-corrected chi connectivity index (χ3v) is 15.3. The Bertz CT molecular complexity index is 3200. The molecular weight excluding hydrogens is 970 g/mol. The second-order valence-electron chi connectivity index (χ2n) is 19.9. The first kappa shape index (κ1) is 47.6. The van der Waals surface area contributed by atoms with E-state index in [2.05, 4.69) is 25.1 Å². The van der Waals surface area contributed by atoms with Crippen molar-refractivity contribution in [1.29, 1.82) is 0 Å². The first-order chi connectivity index (χ1) is 32.8.